The first-order valence-electron chi connectivity index (χ1n) is 13.9. The molecule has 0 radical (unpaired) electrons. The number of nitrogens with zero attached hydrogens (tertiary/aromatic N) is 2. The number of halogens is 2. The van der Waals surface area contributed by atoms with Crippen molar-refractivity contribution in [2.75, 3.05) is 17.4 Å². The van der Waals surface area contributed by atoms with Gasteiger partial charge in [0.1, 0.15) is 12.6 Å². The van der Waals surface area contributed by atoms with E-state index in [1.165, 1.54) is 17.0 Å². The quantitative estimate of drug-likeness (QED) is 0.185. The summed E-state index contributed by atoms with van der Waals surface area (Å²) in [6, 6.07) is 29.6. The van der Waals surface area contributed by atoms with Gasteiger partial charge in [-0.25, -0.2) is 8.42 Å². The van der Waals surface area contributed by atoms with Crippen LogP contribution in [0.1, 0.15) is 24.5 Å². The summed E-state index contributed by atoms with van der Waals surface area (Å²) in [5, 5.41) is 3.77. The standard InChI is InChI=1S/C33H33Cl2N3O4S/c1-2-21-36-33(40)31(22-25-11-5-3-6-12-25)37(23-26-13-9-10-16-30(26)35)32(39)24-38(28-19-17-27(34)18-20-28)43(41,42)29-14-7-4-8-15-29/h3-20,31H,2,21-24H2,1H3,(H,36,40)/t31-/m1/s1. The fourth-order valence-electron chi connectivity index (χ4n) is 4.59. The average Bonchev–Trinajstić information content (AvgIpc) is 3.02. The third kappa shape index (κ3) is 8.38. The van der Waals surface area contributed by atoms with E-state index in [-0.39, 0.29) is 29.5 Å². The van der Waals surface area contributed by atoms with E-state index in [4.69, 9.17) is 23.2 Å². The van der Waals surface area contributed by atoms with E-state index in [9.17, 15) is 18.0 Å². The molecule has 0 aliphatic rings. The number of nitrogens with one attached hydrogen (secondary N) is 1. The Kier molecular flexibility index (Phi) is 11.2. The molecule has 1 atom stereocenters. The van der Waals surface area contributed by atoms with Crippen molar-refractivity contribution in [2.45, 2.75) is 37.2 Å². The smallest absolute Gasteiger partial charge is 0.264 e. The fourth-order valence-corrected chi connectivity index (χ4v) is 6.34. The monoisotopic (exact) mass is 637 g/mol. The zero-order valence-corrected chi connectivity index (χ0v) is 26.0. The third-order valence-electron chi connectivity index (χ3n) is 6.84. The number of carbonyl (C=O) groups is 2. The molecule has 0 heterocycles. The molecule has 0 unspecified atom stereocenters. The molecular weight excluding hydrogens is 605 g/mol. The minimum atomic E-state index is -4.18. The van der Waals surface area contributed by atoms with Gasteiger partial charge in [-0.2, -0.15) is 0 Å². The van der Waals surface area contributed by atoms with Crippen LogP contribution in [0.4, 0.5) is 5.69 Å². The maximum Gasteiger partial charge on any atom is 0.264 e. The van der Waals surface area contributed by atoms with Gasteiger partial charge >= 0.3 is 0 Å². The predicted octanol–water partition coefficient (Wildman–Crippen LogP) is 6.36. The number of hydrogen-bond acceptors (Lipinski definition) is 4. The van der Waals surface area contributed by atoms with E-state index in [0.717, 1.165) is 9.87 Å². The van der Waals surface area contributed by atoms with Gasteiger partial charge in [-0.3, -0.25) is 13.9 Å². The molecule has 4 rings (SSSR count). The van der Waals surface area contributed by atoms with Gasteiger partial charge in [-0.1, -0.05) is 96.9 Å². The number of sulfonamides is 1. The van der Waals surface area contributed by atoms with Crippen molar-refractivity contribution in [3.8, 4) is 0 Å². The second kappa shape index (κ2) is 15.0. The maximum absolute atomic E-state index is 14.4. The Morgan fingerprint density at radius 1 is 0.814 bits per heavy atom. The molecule has 4 aromatic rings. The predicted molar refractivity (Wildman–Crippen MR) is 172 cm³/mol. The van der Waals surface area contributed by atoms with Gasteiger partial charge in [0.15, 0.2) is 0 Å². The first-order valence-corrected chi connectivity index (χ1v) is 16.1. The fraction of sp³-hybridized carbons (Fsp3) is 0.212. The van der Waals surface area contributed by atoms with Crippen molar-refractivity contribution in [1.82, 2.24) is 10.2 Å². The average molecular weight is 639 g/mol. The highest BCUT2D eigenvalue weighted by Gasteiger charge is 2.34. The molecule has 43 heavy (non-hydrogen) atoms. The topological polar surface area (TPSA) is 86.8 Å². The van der Waals surface area contributed by atoms with Crippen molar-refractivity contribution >= 4 is 50.7 Å². The summed E-state index contributed by atoms with van der Waals surface area (Å²) in [5.41, 5.74) is 1.74. The van der Waals surface area contributed by atoms with Gasteiger partial charge in [-0.05, 0) is 60.0 Å². The zero-order valence-electron chi connectivity index (χ0n) is 23.7. The number of hydrogen-bond donors (Lipinski definition) is 1. The van der Waals surface area contributed by atoms with Crippen molar-refractivity contribution in [3.05, 3.63) is 130 Å². The van der Waals surface area contributed by atoms with Gasteiger partial charge in [0.05, 0.1) is 10.6 Å². The van der Waals surface area contributed by atoms with Crippen molar-refractivity contribution in [3.63, 3.8) is 0 Å². The normalized spacial score (nSPS) is 11.9. The molecule has 2 amide bonds. The molecule has 224 valence electrons. The molecule has 0 aromatic heterocycles. The van der Waals surface area contributed by atoms with Gasteiger partial charge in [0, 0.05) is 29.6 Å². The molecule has 10 heteroatoms. The van der Waals surface area contributed by atoms with Crippen LogP contribution in [0.5, 0.6) is 0 Å². The highest BCUT2D eigenvalue weighted by atomic mass is 35.5. The number of anilines is 1. The van der Waals surface area contributed by atoms with E-state index < -0.39 is 28.5 Å². The summed E-state index contributed by atoms with van der Waals surface area (Å²) < 4.78 is 28.9. The van der Waals surface area contributed by atoms with Crippen LogP contribution >= 0.6 is 23.2 Å². The minimum Gasteiger partial charge on any atom is -0.354 e. The van der Waals surface area contributed by atoms with Crippen LogP contribution in [0.15, 0.2) is 114 Å². The Bertz CT molecular complexity index is 1620. The number of carbonyl (C=O) groups excluding carboxylic acids is 2. The van der Waals surface area contributed by atoms with Gasteiger partial charge < -0.3 is 10.2 Å². The maximum atomic E-state index is 14.4. The molecule has 1 N–H and O–H groups in total. The Morgan fingerprint density at radius 3 is 2.05 bits per heavy atom. The lowest BCUT2D eigenvalue weighted by Gasteiger charge is -2.34. The van der Waals surface area contributed by atoms with Crippen LogP contribution in [0.2, 0.25) is 10.0 Å². The molecule has 0 aliphatic heterocycles. The molecule has 0 saturated heterocycles. The lowest BCUT2D eigenvalue weighted by molar-refractivity contribution is -0.140. The number of benzene rings is 4. The van der Waals surface area contributed by atoms with E-state index in [1.54, 1.807) is 66.7 Å². The van der Waals surface area contributed by atoms with Crippen molar-refractivity contribution in [2.24, 2.45) is 0 Å². The minimum absolute atomic E-state index is 0.00457. The Balaban J connectivity index is 1.79. The first kappa shape index (κ1) is 32.1. The van der Waals surface area contributed by atoms with Gasteiger partial charge in [-0.15, -0.1) is 0 Å². The van der Waals surface area contributed by atoms with Crippen molar-refractivity contribution < 1.29 is 18.0 Å². The van der Waals surface area contributed by atoms with Crippen LogP contribution in [0.3, 0.4) is 0 Å². The van der Waals surface area contributed by atoms with Crippen LogP contribution in [-0.2, 0) is 32.6 Å². The zero-order chi connectivity index (χ0) is 30.8. The highest BCUT2D eigenvalue weighted by molar-refractivity contribution is 7.92. The molecule has 7 nitrogen and oxygen atoms in total. The molecular formula is C33H33Cl2N3O4S. The summed E-state index contributed by atoms with van der Waals surface area (Å²) in [6.45, 7) is 1.81. The second-order valence-corrected chi connectivity index (χ2v) is 12.6. The van der Waals surface area contributed by atoms with Crippen molar-refractivity contribution in [1.29, 1.82) is 0 Å². The second-order valence-electron chi connectivity index (χ2n) is 9.91. The van der Waals surface area contributed by atoms with Crippen LogP contribution < -0.4 is 9.62 Å². The van der Waals surface area contributed by atoms with E-state index >= 15 is 0 Å². The number of rotatable bonds is 13. The van der Waals surface area contributed by atoms with E-state index in [0.29, 0.717) is 28.6 Å². The molecule has 0 bridgehead atoms. The van der Waals surface area contributed by atoms with Crippen LogP contribution in [0.25, 0.3) is 0 Å². The Morgan fingerprint density at radius 2 is 1.42 bits per heavy atom. The molecule has 0 aliphatic carbocycles. The van der Waals surface area contributed by atoms with E-state index in [2.05, 4.69) is 5.32 Å². The molecule has 0 spiro atoms. The Labute approximate surface area is 263 Å². The third-order valence-corrected chi connectivity index (χ3v) is 9.25. The lowest BCUT2D eigenvalue weighted by atomic mass is 10.0. The van der Waals surface area contributed by atoms with Gasteiger partial charge in [0.25, 0.3) is 10.0 Å². The summed E-state index contributed by atoms with van der Waals surface area (Å²) in [7, 11) is -4.18. The van der Waals surface area contributed by atoms with Crippen LogP contribution in [0, 0.1) is 0 Å². The van der Waals surface area contributed by atoms with Gasteiger partial charge in [0.2, 0.25) is 11.8 Å². The molecule has 4 aromatic carbocycles. The SMILES string of the molecule is CCCNC(=O)[C@@H](Cc1ccccc1)N(Cc1ccccc1Cl)C(=O)CN(c1ccc(Cl)cc1)S(=O)(=O)c1ccccc1. The molecule has 0 fully saturated rings. The summed E-state index contributed by atoms with van der Waals surface area (Å²) in [6.07, 6.45) is 0.931. The summed E-state index contributed by atoms with van der Waals surface area (Å²) >= 11 is 12.6. The molecule has 0 saturated carbocycles. The first-order chi connectivity index (χ1) is 20.7. The lowest BCUT2D eigenvalue weighted by Crippen LogP contribution is -2.53. The summed E-state index contributed by atoms with van der Waals surface area (Å²) in [5.74, 6) is -0.906. The largest absolute Gasteiger partial charge is 0.354 e. The van der Waals surface area contributed by atoms with E-state index in [1.807, 2.05) is 37.3 Å². The summed E-state index contributed by atoms with van der Waals surface area (Å²) in [4.78, 5) is 29.5. The van der Waals surface area contributed by atoms with Crippen LogP contribution in [-0.4, -0.2) is 44.3 Å². The number of amides is 2. The highest BCUT2D eigenvalue weighted by Crippen LogP contribution is 2.27. The Hall–Kier alpha value is -3.85.